The molecule has 2 N–H and O–H groups in total. The molecule has 0 unspecified atom stereocenters. The van der Waals surface area contributed by atoms with E-state index in [0.717, 1.165) is 68.3 Å². The van der Waals surface area contributed by atoms with Gasteiger partial charge in [-0.25, -0.2) is 9.97 Å². The highest BCUT2D eigenvalue weighted by Crippen LogP contribution is 2.39. The highest BCUT2D eigenvalue weighted by Gasteiger charge is 2.27. The van der Waals surface area contributed by atoms with Crippen LogP contribution in [0.3, 0.4) is 0 Å². The molecule has 2 aliphatic heterocycles. The van der Waals surface area contributed by atoms with E-state index in [-0.39, 0.29) is 11.8 Å². The number of rotatable bonds is 3. The molecule has 47 heavy (non-hydrogen) atoms. The molecule has 4 aromatic heterocycles. The van der Waals surface area contributed by atoms with E-state index in [2.05, 4.69) is 29.7 Å². The average Bonchev–Trinajstić information content (AvgIpc) is 3.52. The number of halogens is 3. The summed E-state index contributed by atoms with van der Waals surface area (Å²) in [4.78, 5) is 33.0. The molecular weight excluding hydrogens is 659 g/mol. The number of aromatic nitrogens is 4. The molecule has 238 valence electrons. The molecule has 12 heteroatoms. The Kier molecular flexibility index (Phi) is 8.08. The minimum atomic E-state index is -0.0405. The van der Waals surface area contributed by atoms with Gasteiger partial charge in [0.1, 0.15) is 16.5 Å². The summed E-state index contributed by atoms with van der Waals surface area (Å²) in [6.45, 7) is 6.64. The first-order valence-electron chi connectivity index (χ1n) is 15.0. The maximum Gasteiger partial charge on any atom is 0.268 e. The fraction of sp³-hybridized carbons (Fsp3) is 0.200. The number of benzene rings is 2. The standard InChI is InChI=1S/C18H16ClN3O2.C17H13Cl2N3O/c1-10-13-7-12(19)8-14(11-3-4-15(24-2)21-9-11)17(13)22-6-5-20-18(23)16(10)22;1-9-12-6-11(18)7-13(10-2-3-14(19)21-8-10)16(12)22-5-4-20-17(23)15(9)22/h3-4,7-9H,5-6H2,1-2H3,(H,20,23);2-3,6-8H,4-5H2,1H3,(H,20,23). The van der Waals surface area contributed by atoms with Gasteiger partial charge in [0.15, 0.2) is 0 Å². The molecule has 0 atom stereocenters. The largest absolute Gasteiger partial charge is 0.481 e. The number of carbonyl (C=O) groups is 2. The molecule has 6 aromatic rings. The number of nitrogens with zero attached hydrogens (tertiary/aromatic N) is 4. The number of methoxy groups -OCH3 is 1. The van der Waals surface area contributed by atoms with Gasteiger partial charge in [0.05, 0.1) is 18.1 Å². The molecule has 9 nitrogen and oxygen atoms in total. The highest BCUT2D eigenvalue weighted by atomic mass is 35.5. The van der Waals surface area contributed by atoms with Crippen LogP contribution >= 0.6 is 34.8 Å². The molecule has 2 aromatic carbocycles. The third-order valence-electron chi connectivity index (χ3n) is 8.71. The summed E-state index contributed by atoms with van der Waals surface area (Å²) in [6.07, 6.45) is 3.49. The van der Waals surface area contributed by atoms with E-state index in [1.807, 2.05) is 56.3 Å². The summed E-state index contributed by atoms with van der Waals surface area (Å²) in [5.74, 6) is 0.482. The Labute approximate surface area is 285 Å². The van der Waals surface area contributed by atoms with Crippen LogP contribution in [-0.4, -0.2) is 51.1 Å². The molecule has 0 bridgehead atoms. The molecule has 0 fully saturated rings. The van der Waals surface area contributed by atoms with E-state index in [0.29, 0.717) is 45.6 Å². The minimum absolute atomic E-state index is 0.0371. The second-order valence-corrected chi connectivity index (χ2v) is 12.7. The normalized spacial score (nSPS) is 13.8. The fourth-order valence-corrected chi connectivity index (χ4v) is 7.18. The third kappa shape index (κ3) is 5.38. The zero-order valence-corrected chi connectivity index (χ0v) is 28.0. The number of amides is 2. The molecule has 2 amide bonds. The van der Waals surface area contributed by atoms with Crippen molar-refractivity contribution in [3.8, 4) is 28.1 Å². The maximum absolute atomic E-state index is 12.3. The predicted molar refractivity (Wildman–Crippen MR) is 186 cm³/mol. The fourth-order valence-electron chi connectivity index (χ4n) is 6.63. The summed E-state index contributed by atoms with van der Waals surface area (Å²) in [7, 11) is 1.59. The quantitative estimate of drug-likeness (QED) is 0.188. The van der Waals surface area contributed by atoms with Gasteiger partial charge in [-0.1, -0.05) is 34.8 Å². The summed E-state index contributed by atoms with van der Waals surface area (Å²) in [6, 6.07) is 15.1. The lowest BCUT2D eigenvalue weighted by molar-refractivity contribution is 0.0920. The van der Waals surface area contributed by atoms with Crippen molar-refractivity contribution in [3.05, 3.63) is 98.6 Å². The van der Waals surface area contributed by atoms with Gasteiger partial charge in [-0.2, -0.15) is 0 Å². The van der Waals surface area contributed by atoms with Crippen LogP contribution in [0, 0.1) is 13.8 Å². The Bertz CT molecular complexity index is 2220. The van der Waals surface area contributed by atoms with Crippen LogP contribution in [0.2, 0.25) is 15.2 Å². The summed E-state index contributed by atoms with van der Waals surface area (Å²) >= 11 is 18.6. The lowest BCUT2D eigenvalue weighted by atomic mass is 10.0. The smallest absolute Gasteiger partial charge is 0.268 e. The Morgan fingerprint density at radius 2 is 1.19 bits per heavy atom. The molecule has 8 rings (SSSR count). The van der Waals surface area contributed by atoms with Crippen LogP contribution in [0.5, 0.6) is 5.88 Å². The van der Waals surface area contributed by atoms with Crippen molar-refractivity contribution in [2.75, 3.05) is 20.2 Å². The second kappa shape index (κ2) is 12.2. The monoisotopic (exact) mass is 686 g/mol. The van der Waals surface area contributed by atoms with Crippen LogP contribution < -0.4 is 15.4 Å². The first-order valence-corrected chi connectivity index (χ1v) is 16.1. The van der Waals surface area contributed by atoms with Gasteiger partial charge >= 0.3 is 0 Å². The second-order valence-electron chi connectivity index (χ2n) is 11.4. The molecule has 2 aliphatic rings. The van der Waals surface area contributed by atoms with Gasteiger partial charge in [0, 0.05) is 87.7 Å². The van der Waals surface area contributed by atoms with Crippen molar-refractivity contribution in [2.45, 2.75) is 26.9 Å². The molecular formula is C35H29Cl3N6O3. The van der Waals surface area contributed by atoms with Crippen molar-refractivity contribution in [1.82, 2.24) is 29.7 Å². The first kappa shape index (κ1) is 31.1. The van der Waals surface area contributed by atoms with Crippen LogP contribution in [-0.2, 0) is 13.1 Å². The van der Waals surface area contributed by atoms with Gasteiger partial charge in [0.2, 0.25) is 5.88 Å². The van der Waals surface area contributed by atoms with E-state index in [1.54, 1.807) is 25.6 Å². The van der Waals surface area contributed by atoms with Gasteiger partial charge in [0.25, 0.3) is 11.8 Å². The molecule has 0 saturated heterocycles. The number of nitrogens with one attached hydrogen (secondary N) is 2. The lowest BCUT2D eigenvalue weighted by Crippen LogP contribution is -2.35. The Hall–Kier alpha value is -4.57. The van der Waals surface area contributed by atoms with Crippen LogP contribution in [0.15, 0.2) is 60.9 Å². The van der Waals surface area contributed by atoms with Gasteiger partial charge in [-0.05, 0) is 67.4 Å². The predicted octanol–water partition coefficient (Wildman–Crippen LogP) is 7.48. The van der Waals surface area contributed by atoms with E-state index in [4.69, 9.17) is 39.5 Å². The summed E-state index contributed by atoms with van der Waals surface area (Å²) in [5.41, 5.74) is 9.14. The maximum atomic E-state index is 12.3. The van der Waals surface area contributed by atoms with E-state index >= 15 is 0 Å². The number of hydrogen-bond acceptors (Lipinski definition) is 5. The van der Waals surface area contributed by atoms with Crippen molar-refractivity contribution < 1.29 is 14.3 Å². The van der Waals surface area contributed by atoms with Crippen molar-refractivity contribution in [3.63, 3.8) is 0 Å². The molecule has 0 radical (unpaired) electrons. The van der Waals surface area contributed by atoms with Crippen molar-refractivity contribution >= 4 is 68.4 Å². The van der Waals surface area contributed by atoms with Gasteiger partial charge in [-0.3, -0.25) is 9.59 Å². The van der Waals surface area contributed by atoms with Crippen molar-refractivity contribution in [1.29, 1.82) is 0 Å². The van der Waals surface area contributed by atoms with Crippen LogP contribution in [0.4, 0.5) is 0 Å². The number of ether oxygens (including phenoxy) is 1. The van der Waals surface area contributed by atoms with Crippen LogP contribution in [0.25, 0.3) is 44.1 Å². The Morgan fingerprint density at radius 1 is 0.702 bits per heavy atom. The topological polar surface area (TPSA) is 103 Å². The van der Waals surface area contributed by atoms with Crippen molar-refractivity contribution in [2.24, 2.45) is 0 Å². The SMILES string of the molecule is COc1ccc(-c2cc(Cl)cc3c(C)c4n(c23)CCNC4=O)cn1.Cc1c2n(c3c(-c4ccc(Cl)nc4)cc(Cl)cc13)CCNC2=O. The minimum Gasteiger partial charge on any atom is -0.481 e. The summed E-state index contributed by atoms with van der Waals surface area (Å²) in [5, 5.41) is 9.52. The average molecular weight is 688 g/mol. The van der Waals surface area contributed by atoms with Gasteiger partial charge < -0.3 is 24.5 Å². The molecule has 0 saturated carbocycles. The number of fused-ring (bicyclic) bond motifs is 6. The molecule has 0 aliphatic carbocycles. The lowest BCUT2D eigenvalue weighted by Gasteiger charge is -2.18. The number of aryl methyl sites for hydroxylation is 2. The van der Waals surface area contributed by atoms with E-state index < -0.39 is 0 Å². The third-order valence-corrected chi connectivity index (χ3v) is 9.37. The van der Waals surface area contributed by atoms with Crippen LogP contribution in [0.1, 0.15) is 32.1 Å². The van der Waals surface area contributed by atoms with E-state index in [1.165, 1.54) is 0 Å². The number of carbonyl (C=O) groups excluding carboxylic acids is 2. The zero-order valence-electron chi connectivity index (χ0n) is 25.7. The first-order chi connectivity index (χ1) is 22.7. The molecule has 0 spiro atoms. The molecule has 6 heterocycles. The highest BCUT2D eigenvalue weighted by molar-refractivity contribution is 6.32. The Morgan fingerprint density at radius 3 is 1.62 bits per heavy atom. The number of pyridine rings is 2. The summed E-state index contributed by atoms with van der Waals surface area (Å²) < 4.78 is 9.29. The van der Waals surface area contributed by atoms with Gasteiger partial charge in [-0.15, -0.1) is 0 Å². The zero-order chi connectivity index (χ0) is 33.0. The Balaban J connectivity index is 0.000000150. The van der Waals surface area contributed by atoms with E-state index in [9.17, 15) is 9.59 Å². The number of hydrogen-bond donors (Lipinski definition) is 2.